The van der Waals surface area contributed by atoms with Crippen LogP contribution in [-0.2, 0) is 18.8 Å². The monoisotopic (exact) mass is 545 g/mol. The lowest BCUT2D eigenvalue weighted by Crippen LogP contribution is -2.40. The maximum Gasteiger partial charge on any atom is 0.418 e. The molecule has 1 heterocycles. The Kier molecular flexibility index (Phi) is 7.86. The van der Waals surface area contributed by atoms with Crippen molar-refractivity contribution in [1.29, 1.82) is 0 Å². The minimum absolute atomic E-state index is 0.0141. The van der Waals surface area contributed by atoms with E-state index in [1.165, 1.54) is 0 Å². The fraction of sp³-hybridized carbons (Fsp3) is 0.217. The number of aromatic nitrogens is 1. The summed E-state index contributed by atoms with van der Waals surface area (Å²) < 4.78 is 80.4. The van der Waals surface area contributed by atoms with E-state index in [2.05, 4.69) is 31.5 Å². The van der Waals surface area contributed by atoms with Gasteiger partial charge in [-0.05, 0) is 53.9 Å². The number of carbonyl (C=O) groups is 1. The fourth-order valence-corrected chi connectivity index (χ4v) is 3.48. The van der Waals surface area contributed by atoms with Gasteiger partial charge in [0.15, 0.2) is 0 Å². The Morgan fingerprint density at radius 2 is 1.56 bits per heavy atom. The third kappa shape index (κ3) is 6.72. The van der Waals surface area contributed by atoms with Crippen LogP contribution in [0.2, 0.25) is 0 Å². The van der Waals surface area contributed by atoms with Gasteiger partial charge in [0.1, 0.15) is 0 Å². The number of hydrogen-bond acceptors (Lipinski definition) is 2. The number of rotatable bonds is 6. The van der Waals surface area contributed by atoms with E-state index in [9.17, 15) is 31.1 Å². The molecule has 3 rings (SSSR count). The molecule has 11 heteroatoms. The highest BCUT2D eigenvalue weighted by molar-refractivity contribution is 9.10. The summed E-state index contributed by atoms with van der Waals surface area (Å²) in [6, 6.07) is 10.5. The largest absolute Gasteiger partial charge is 0.418 e. The van der Waals surface area contributed by atoms with Crippen molar-refractivity contribution in [2.45, 2.75) is 24.8 Å². The van der Waals surface area contributed by atoms with Crippen LogP contribution in [0, 0.1) is 0 Å². The molecule has 0 radical (unpaired) electrons. The van der Waals surface area contributed by atoms with E-state index in [0.717, 1.165) is 52.6 Å². The first-order chi connectivity index (χ1) is 15.9. The Morgan fingerprint density at radius 1 is 0.912 bits per heavy atom. The average molecular weight is 546 g/mol. The Labute approximate surface area is 199 Å². The highest BCUT2D eigenvalue weighted by Gasteiger charge is 2.37. The van der Waals surface area contributed by atoms with Gasteiger partial charge >= 0.3 is 18.4 Å². The smallest absolute Gasteiger partial charge is 0.338 e. The van der Waals surface area contributed by atoms with Gasteiger partial charge in [0.05, 0.1) is 22.9 Å². The zero-order valence-corrected chi connectivity index (χ0v) is 18.9. The van der Waals surface area contributed by atoms with E-state index in [1.54, 1.807) is 0 Å². The van der Waals surface area contributed by atoms with Crippen molar-refractivity contribution < 1.29 is 31.1 Å². The Balaban J connectivity index is 1.84. The molecule has 34 heavy (non-hydrogen) atoms. The third-order valence-corrected chi connectivity index (χ3v) is 5.41. The van der Waals surface area contributed by atoms with Gasteiger partial charge in [-0.25, -0.2) is 4.79 Å². The molecule has 2 N–H and O–H groups in total. The summed E-state index contributed by atoms with van der Waals surface area (Å²) in [7, 11) is 0. The van der Waals surface area contributed by atoms with Gasteiger partial charge in [-0.3, -0.25) is 4.98 Å². The number of nitrogens with one attached hydrogen (secondary N) is 2. The molecule has 0 fully saturated rings. The maximum absolute atomic E-state index is 13.6. The van der Waals surface area contributed by atoms with Crippen LogP contribution in [0.5, 0.6) is 0 Å². The Hall–Kier alpha value is -3.08. The van der Waals surface area contributed by atoms with E-state index in [0.29, 0.717) is 6.42 Å². The maximum atomic E-state index is 13.6. The van der Waals surface area contributed by atoms with Crippen molar-refractivity contribution in [3.63, 3.8) is 0 Å². The summed E-state index contributed by atoms with van der Waals surface area (Å²) in [5.74, 6) is 0. The van der Waals surface area contributed by atoms with E-state index in [1.807, 2.05) is 24.3 Å². The lowest BCUT2D eigenvalue weighted by molar-refractivity contribution is -0.139. The molecule has 3 aromatic rings. The number of carbonyl (C=O) groups excluding carboxylic acids is 1. The number of alkyl halides is 6. The predicted molar refractivity (Wildman–Crippen MR) is 117 cm³/mol. The molecule has 1 atom stereocenters. The van der Waals surface area contributed by atoms with Gasteiger partial charge in [-0.2, -0.15) is 26.3 Å². The summed E-state index contributed by atoms with van der Waals surface area (Å²) in [4.78, 5) is 16.3. The molecule has 0 saturated carbocycles. The molecule has 1 unspecified atom stereocenters. The average Bonchev–Trinajstić information content (AvgIpc) is 2.78. The minimum Gasteiger partial charge on any atom is -0.338 e. The molecule has 0 saturated heterocycles. The van der Waals surface area contributed by atoms with Gasteiger partial charge in [0.25, 0.3) is 0 Å². The summed E-state index contributed by atoms with van der Waals surface area (Å²) >= 11 is 3.32. The zero-order chi connectivity index (χ0) is 24.9. The lowest BCUT2D eigenvalue weighted by Gasteiger charge is -2.23. The molecule has 0 aliphatic heterocycles. The van der Waals surface area contributed by atoms with E-state index >= 15 is 0 Å². The number of hydrogen-bond donors (Lipinski definition) is 2. The molecule has 2 aromatic carbocycles. The molecule has 1 aromatic heterocycles. The first kappa shape index (κ1) is 25.5. The quantitative estimate of drug-likeness (QED) is 0.347. The van der Waals surface area contributed by atoms with Gasteiger partial charge in [-0.15, -0.1) is 0 Å². The molecule has 0 bridgehead atoms. The standard InChI is InChI=1S/C23H18BrF6N3O/c24-17-9-3-14(4-10-17)11-13-32-21(34)33-19(15-5-7-16(8-6-15)22(25,26)27)20-18(23(28,29)30)2-1-12-31-20/h1-10,12,19H,11,13H2,(H2,32,33,34). The van der Waals surface area contributed by atoms with Crippen molar-refractivity contribution in [3.05, 3.63) is 99.3 Å². The van der Waals surface area contributed by atoms with Crippen molar-refractivity contribution >= 4 is 22.0 Å². The number of pyridine rings is 1. The molecule has 0 spiro atoms. The number of amides is 2. The molecule has 4 nitrogen and oxygen atoms in total. The molecule has 180 valence electrons. The van der Waals surface area contributed by atoms with Gasteiger partial charge in [0.2, 0.25) is 0 Å². The third-order valence-electron chi connectivity index (χ3n) is 4.88. The van der Waals surface area contributed by atoms with Crippen LogP contribution in [-0.4, -0.2) is 17.6 Å². The number of halogens is 7. The van der Waals surface area contributed by atoms with Crippen LogP contribution < -0.4 is 10.6 Å². The van der Waals surface area contributed by atoms with Crippen molar-refractivity contribution in [2.75, 3.05) is 6.54 Å². The van der Waals surface area contributed by atoms with Crippen LogP contribution in [0.3, 0.4) is 0 Å². The summed E-state index contributed by atoms with van der Waals surface area (Å²) in [6.07, 6.45) is -7.82. The number of urea groups is 1. The number of nitrogens with zero attached hydrogens (tertiary/aromatic N) is 1. The SMILES string of the molecule is O=C(NCCc1ccc(Br)cc1)NC(c1ccc(C(F)(F)F)cc1)c1ncccc1C(F)(F)F. The summed E-state index contributed by atoms with van der Waals surface area (Å²) in [5.41, 5.74) is -1.66. The predicted octanol–water partition coefficient (Wildman–Crippen LogP) is 6.51. The van der Waals surface area contributed by atoms with Crippen LogP contribution in [0.1, 0.15) is 34.0 Å². The zero-order valence-electron chi connectivity index (χ0n) is 17.3. The first-order valence-electron chi connectivity index (χ1n) is 9.93. The van der Waals surface area contributed by atoms with Gasteiger partial charge in [0, 0.05) is 17.2 Å². The minimum atomic E-state index is -4.78. The normalized spacial score (nSPS) is 12.8. The second-order valence-corrected chi connectivity index (χ2v) is 8.18. The van der Waals surface area contributed by atoms with Crippen LogP contribution >= 0.6 is 15.9 Å². The molecule has 0 aliphatic carbocycles. The highest BCUT2D eigenvalue weighted by Crippen LogP contribution is 2.36. The van der Waals surface area contributed by atoms with Crippen LogP contribution in [0.4, 0.5) is 31.1 Å². The fourth-order valence-electron chi connectivity index (χ4n) is 3.21. The summed E-state index contributed by atoms with van der Waals surface area (Å²) in [5, 5.41) is 4.97. The second kappa shape index (κ2) is 10.5. The Bertz CT molecular complexity index is 1120. The number of benzene rings is 2. The van der Waals surface area contributed by atoms with E-state index < -0.39 is 41.2 Å². The highest BCUT2D eigenvalue weighted by atomic mass is 79.9. The molecular formula is C23H18BrF6N3O. The first-order valence-corrected chi connectivity index (χ1v) is 10.7. The van der Waals surface area contributed by atoms with Gasteiger partial charge in [-0.1, -0.05) is 40.2 Å². The Morgan fingerprint density at radius 3 is 2.15 bits per heavy atom. The van der Waals surface area contributed by atoms with Crippen LogP contribution in [0.25, 0.3) is 0 Å². The lowest BCUT2D eigenvalue weighted by atomic mass is 9.98. The van der Waals surface area contributed by atoms with Crippen molar-refractivity contribution in [1.82, 2.24) is 15.6 Å². The van der Waals surface area contributed by atoms with Crippen LogP contribution in [0.15, 0.2) is 71.3 Å². The molecule has 2 amide bonds. The molecular weight excluding hydrogens is 528 g/mol. The van der Waals surface area contributed by atoms with E-state index in [-0.39, 0.29) is 12.1 Å². The summed E-state index contributed by atoms with van der Waals surface area (Å²) in [6.45, 7) is 0.182. The topological polar surface area (TPSA) is 54.0 Å². The molecule has 0 aliphatic rings. The van der Waals surface area contributed by atoms with Gasteiger partial charge < -0.3 is 10.6 Å². The van der Waals surface area contributed by atoms with Crippen molar-refractivity contribution in [2.24, 2.45) is 0 Å². The van der Waals surface area contributed by atoms with Crippen molar-refractivity contribution in [3.8, 4) is 0 Å². The second-order valence-electron chi connectivity index (χ2n) is 7.26. The van der Waals surface area contributed by atoms with E-state index in [4.69, 9.17) is 0 Å².